The summed E-state index contributed by atoms with van der Waals surface area (Å²) in [6.07, 6.45) is -1.24. The zero-order valence-electron chi connectivity index (χ0n) is 14.3. The highest BCUT2D eigenvalue weighted by Crippen LogP contribution is 2.38. The molecule has 0 amide bonds. The molecule has 0 saturated carbocycles. The molecule has 0 bridgehead atoms. The summed E-state index contributed by atoms with van der Waals surface area (Å²) in [5, 5.41) is 0. The van der Waals surface area contributed by atoms with E-state index in [4.69, 9.17) is 18.7 Å². The highest BCUT2D eigenvalue weighted by molar-refractivity contribution is 7.32. The predicted octanol–water partition coefficient (Wildman–Crippen LogP) is -0.0488. The summed E-state index contributed by atoms with van der Waals surface area (Å²) in [5.41, 5.74) is -0.823. The number of hydrogen-bond acceptors (Lipinski definition) is 7. The summed E-state index contributed by atoms with van der Waals surface area (Å²) >= 11 is 0. The molecule has 2 N–H and O–H groups in total. The topological polar surface area (TPSA) is 129 Å². The molecule has 11 heteroatoms. The van der Waals surface area contributed by atoms with Crippen LogP contribution >= 0.6 is 8.25 Å². The van der Waals surface area contributed by atoms with Crippen molar-refractivity contribution in [2.75, 3.05) is 20.3 Å². The number of aryl methyl sites for hydroxylation is 1. The maximum Gasteiger partial charge on any atom is 0.330 e. The minimum atomic E-state index is -3.24. The van der Waals surface area contributed by atoms with Crippen LogP contribution in [0.15, 0.2) is 15.8 Å². The van der Waals surface area contributed by atoms with Crippen molar-refractivity contribution in [3.05, 3.63) is 32.6 Å². The van der Waals surface area contributed by atoms with Crippen molar-refractivity contribution in [3.8, 4) is 0 Å². The molecule has 0 aromatic carbocycles. The lowest BCUT2D eigenvalue weighted by Crippen LogP contribution is -2.40. The SMILES string of the molecule is CC[C@H]1O[C@@H](n2cc(C)c(=O)[nH]c2=O)[C@@H](OCCOC)C1O[PH](=O)O. The van der Waals surface area contributed by atoms with E-state index >= 15 is 0 Å². The third-order valence-electron chi connectivity index (χ3n) is 3.94. The van der Waals surface area contributed by atoms with Gasteiger partial charge in [0.15, 0.2) is 6.23 Å². The van der Waals surface area contributed by atoms with Gasteiger partial charge in [-0.2, -0.15) is 0 Å². The lowest BCUT2D eigenvalue weighted by Gasteiger charge is -2.24. The van der Waals surface area contributed by atoms with Crippen molar-refractivity contribution >= 4 is 8.25 Å². The van der Waals surface area contributed by atoms with Gasteiger partial charge in [-0.15, -0.1) is 0 Å². The maximum absolute atomic E-state index is 12.2. The Morgan fingerprint density at radius 3 is 2.68 bits per heavy atom. The van der Waals surface area contributed by atoms with Gasteiger partial charge < -0.3 is 23.6 Å². The second-order valence-electron chi connectivity index (χ2n) is 5.63. The van der Waals surface area contributed by atoms with Gasteiger partial charge in [0.1, 0.15) is 12.2 Å². The molecule has 1 aromatic heterocycles. The summed E-state index contributed by atoms with van der Waals surface area (Å²) < 4.78 is 34.1. The van der Waals surface area contributed by atoms with Gasteiger partial charge in [-0.25, -0.2) is 4.79 Å². The van der Waals surface area contributed by atoms with E-state index in [1.54, 1.807) is 6.92 Å². The van der Waals surface area contributed by atoms with Gasteiger partial charge in [0.25, 0.3) is 5.56 Å². The number of ether oxygens (including phenoxy) is 3. The highest BCUT2D eigenvalue weighted by Gasteiger charge is 2.47. The lowest BCUT2D eigenvalue weighted by molar-refractivity contribution is -0.0780. The van der Waals surface area contributed by atoms with E-state index in [0.29, 0.717) is 18.6 Å². The Labute approximate surface area is 144 Å². The Balaban J connectivity index is 2.39. The van der Waals surface area contributed by atoms with Crippen LogP contribution in [0.1, 0.15) is 25.1 Å². The largest absolute Gasteiger partial charge is 0.382 e. The third kappa shape index (κ3) is 4.66. The van der Waals surface area contributed by atoms with Crippen molar-refractivity contribution < 1.29 is 28.2 Å². The van der Waals surface area contributed by atoms with Crippen molar-refractivity contribution in [2.24, 2.45) is 0 Å². The van der Waals surface area contributed by atoms with Crippen molar-refractivity contribution in [1.29, 1.82) is 0 Å². The second-order valence-corrected chi connectivity index (χ2v) is 6.40. The summed E-state index contributed by atoms with van der Waals surface area (Å²) in [7, 11) is -1.73. The Morgan fingerprint density at radius 2 is 2.08 bits per heavy atom. The standard InChI is InChI=1S/C14H23N2O8P/c1-4-9-10(24-25(19)20)11(22-6-5-21-3)13(23-9)16-7-8(2)12(17)15-14(16)18/h7,9-11,13,25H,4-6H2,1-3H3,(H,19,20)(H,15,17,18)/t9-,10?,11+,13-/m1/s1. The quantitative estimate of drug-likeness (QED) is 0.476. The van der Waals surface area contributed by atoms with Crippen LogP contribution in [0.3, 0.4) is 0 Å². The molecular formula is C14H23N2O8P. The van der Waals surface area contributed by atoms with E-state index in [9.17, 15) is 19.0 Å². The molecule has 2 rings (SSSR count). The van der Waals surface area contributed by atoms with Crippen LogP contribution in [0.25, 0.3) is 0 Å². The number of methoxy groups -OCH3 is 1. The molecule has 2 heterocycles. The van der Waals surface area contributed by atoms with Crippen LogP contribution < -0.4 is 11.2 Å². The van der Waals surface area contributed by atoms with Gasteiger partial charge in [-0.1, -0.05) is 6.92 Å². The Morgan fingerprint density at radius 1 is 1.36 bits per heavy atom. The van der Waals surface area contributed by atoms with E-state index < -0.39 is 44.0 Å². The van der Waals surface area contributed by atoms with Crippen molar-refractivity contribution in [3.63, 3.8) is 0 Å². The molecule has 1 fully saturated rings. The van der Waals surface area contributed by atoms with E-state index in [-0.39, 0.29) is 6.61 Å². The molecular weight excluding hydrogens is 355 g/mol. The number of aromatic amines is 1. The molecule has 2 unspecified atom stereocenters. The molecule has 1 aliphatic heterocycles. The van der Waals surface area contributed by atoms with E-state index in [1.165, 1.54) is 17.9 Å². The summed E-state index contributed by atoms with van der Waals surface area (Å²) in [6, 6.07) is 0. The van der Waals surface area contributed by atoms with Crippen molar-refractivity contribution in [1.82, 2.24) is 9.55 Å². The number of nitrogens with zero attached hydrogens (tertiary/aromatic N) is 1. The first-order valence-corrected chi connectivity index (χ1v) is 9.13. The molecule has 0 spiro atoms. The number of hydrogen-bond donors (Lipinski definition) is 2. The van der Waals surface area contributed by atoms with Gasteiger partial charge in [-0.3, -0.25) is 18.9 Å². The highest BCUT2D eigenvalue weighted by atomic mass is 31.1. The second kappa shape index (κ2) is 8.88. The fourth-order valence-corrected chi connectivity index (χ4v) is 3.26. The van der Waals surface area contributed by atoms with Crippen LogP contribution in [0.4, 0.5) is 0 Å². The Hall–Kier alpha value is -1.29. The van der Waals surface area contributed by atoms with E-state index in [1.807, 2.05) is 6.92 Å². The number of nitrogens with one attached hydrogen (secondary N) is 1. The molecule has 0 radical (unpaired) electrons. The van der Waals surface area contributed by atoms with Gasteiger partial charge in [0.05, 0.1) is 19.3 Å². The molecule has 1 saturated heterocycles. The Bertz CT molecular complexity index is 718. The van der Waals surface area contributed by atoms with E-state index in [2.05, 4.69) is 4.98 Å². The number of rotatable bonds is 8. The molecule has 25 heavy (non-hydrogen) atoms. The van der Waals surface area contributed by atoms with E-state index in [0.717, 1.165) is 0 Å². The number of aromatic nitrogens is 2. The summed E-state index contributed by atoms with van der Waals surface area (Å²) in [5.74, 6) is 0. The minimum Gasteiger partial charge on any atom is -0.382 e. The summed E-state index contributed by atoms with van der Waals surface area (Å²) in [4.78, 5) is 35.1. The smallest absolute Gasteiger partial charge is 0.330 e. The monoisotopic (exact) mass is 378 g/mol. The van der Waals surface area contributed by atoms with Crippen LogP contribution in [0.5, 0.6) is 0 Å². The first-order valence-electron chi connectivity index (χ1n) is 7.86. The average Bonchev–Trinajstić information content (AvgIpc) is 2.88. The fourth-order valence-electron chi connectivity index (χ4n) is 2.74. The van der Waals surface area contributed by atoms with Crippen LogP contribution in [0.2, 0.25) is 0 Å². The molecule has 1 aliphatic rings. The lowest BCUT2D eigenvalue weighted by atomic mass is 10.1. The minimum absolute atomic E-state index is 0.181. The third-order valence-corrected chi connectivity index (χ3v) is 4.42. The first kappa shape index (κ1) is 20.0. The zero-order chi connectivity index (χ0) is 18.6. The molecule has 10 nitrogen and oxygen atoms in total. The van der Waals surface area contributed by atoms with Crippen LogP contribution in [0, 0.1) is 6.92 Å². The molecule has 1 aromatic rings. The van der Waals surface area contributed by atoms with Gasteiger partial charge in [0.2, 0.25) is 0 Å². The van der Waals surface area contributed by atoms with Crippen LogP contribution in [-0.4, -0.2) is 53.1 Å². The molecule has 0 aliphatic carbocycles. The first-order chi connectivity index (χ1) is 11.9. The zero-order valence-corrected chi connectivity index (χ0v) is 15.3. The maximum atomic E-state index is 12.2. The molecule has 142 valence electrons. The summed E-state index contributed by atoms with van der Waals surface area (Å²) in [6.45, 7) is 3.86. The van der Waals surface area contributed by atoms with Gasteiger partial charge >= 0.3 is 13.9 Å². The number of H-pyrrole nitrogens is 1. The molecule has 5 atom stereocenters. The van der Waals surface area contributed by atoms with Crippen molar-refractivity contribution in [2.45, 2.75) is 44.8 Å². The normalized spacial score (nSPS) is 27.5. The fraction of sp³-hybridized carbons (Fsp3) is 0.714. The van der Waals surface area contributed by atoms with Gasteiger partial charge in [0, 0.05) is 18.9 Å². The Kier molecular flexibility index (Phi) is 7.12. The van der Waals surface area contributed by atoms with Gasteiger partial charge in [-0.05, 0) is 13.3 Å². The predicted molar refractivity (Wildman–Crippen MR) is 88.0 cm³/mol. The average molecular weight is 378 g/mol. The van der Waals surface area contributed by atoms with Crippen LogP contribution in [-0.2, 0) is 23.3 Å².